The van der Waals surface area contributed by atoms with Gasteiger partial charge in [0, 0.05) is 51.7 Å². The summed E-state index contributed by atoms with van der Waals surface area (Å²) >= 11 is 0. The Kier molecular flexibility index (Phi) is 15.0. The van der Waals surface area contributed by atoms with E-state index < -0.39 is 65.9 Å². The van der Waals surface area contributed by atoms with Crippen LogP contribution in [0.2, 0.25) is 0 Å². The van der Waals surface area contributed by atoms with Crippen LogP contribution in [0.15, 0.2) is 59.3 Å². The number of likely N-dealkylation sites (N-methyl/N-ethyl adjacent to an activating group) is 1. The molecule has 0 aromatic heterocycles. The van der Waals surface area contributed by atoms with Gasteiger partial charge >= 0.3 is 5.97 Å². The Labute approximate surface area is 374 Å². The number of aliphatic hydroxyl groups excluding tert-OH is 1. The minimum Gasteiger partial charge on any atom is -0.461 e. The van der Waals surface area contributed by atoms with Crippen molar-refractivity contribution in [1.29, 1.82) is 0 Å². The van der Waals surface area contributed by atoms with Gasteiger partial charge < -0.3 is 62.9 Å². The van der Waals surface area contributed by atoms with E-state index in [1.165, 1.54) is 0 Å². The number of esters is 1. The Morgan fingerprint density at radius 3 is 2.29 bits per heavy atom. The minimum absolute atomic E-state index is 0.0259. The van der Waals surface area contributed by atoms with Crippen LogP contribution in [0.5, 0.6) is 0 Å². The largest absolute Gasteiger partial charge is 0.461 e. The van der Waals surface area contributed by atoms with Gasteiger partial charge in [-0.05, 0) is 76.8 Å². The van der Waals surface area contributed by atoms with Gasteiger partial charge in [0.25, 0.3) is 0 Å². The van der Waals surface area contributed by atoms with Gasteiger partial charge in [-0.3, -0.25) is 4.79 Å². The number of fused-ring (bicyclic) bond motifs is 2. The Morgan fingerprint density at radius 2 is 1.59 bits per heavy atom. The summed E-state index contributed by atoms with van der Waals surface area (Å²) in [6.45, 7) is 18.0. The molecule has 19 atom stereocenters. The number of allylic oxidation sites excluding steroid dienone is 2. The molecule has 0 aromatic carbocycles. The maximum atomic E-state index is 14.6. The van der Waals surface area contributed by atoms with Crippen LogP contribution < -0.4 is 5.32 Å². The molecule has 2 bridgehead atoms. The molecule has 4 fully saturated rings. The van der Waals surface area contributed by atoms with Crippen LogP contribution in [0.3, 0.4) is 0 Å². The van der Waals surface area contributed by atoms with E-state index >= 15 is 0 Å². The zero-order chi connectivity index (χ0) is 45.6. The first-order valence-corrected chi connectivity index (χ1v) is 23.2. The molecule has 14 nitrogen and oxygen atoms in total. The molecule has 4 saturated heterocycles. The van der Waals surface area contributed by atoms with E-state index in [4.69, 9.17) is 47.4 Å². The van der Waals surface area contributed by atoms with Crippen LogP contribution >= 0.6 is 0 Å². The van der Waals surface area contributed by atoms with Crippen molar-refractivity contribution in [1.82, 2.24) is 5.32 Å². The Morgan fingerprint density at radius 1 is 0.889 bits per heavy atom. The average molecular weight is 886 g/mol. The van der Waals surface area contributed by atoms with Crippen LogP contribution in [0.25, 0.3) is 0 Å². The maximum absolute atomic E-state index is 14.6. The van der Waals surface area contributed by atoms with E-state index in [0.717, 1.165) is 5.57 Å². The van der Waals surface area contributed by atoms with Gasteiger partial charge in [0.15, 0.2) is 18.4 Å². The van der Waals surface area contributed by atoms with Crippen molar-refractivity contribution in [2.45, 2.75) is 192 Å². The zero-order valence-electron chi connectivity index (χ0n) is 39.5. The van der Waals surface area contributed by atoms with Crippen LogP contribution in [0.1, 0.15) is 94.4 Å². The van der Waals surface area contributed by atoms with Gasteiger partial charge in [0.2, 0.25) is 0 Å². The van der Waals surface area contributed by atoms with Crippen molar-refractivity contribution < 1.29 is 62.4 Å². The third kappa shape index (κ3) is 9.49. The molecule has 1 aliphatic carbocycles. The van der Waals surface area contributed by atoms with Crippen molar-refractivity contribution in [3.63, 3.8) is 0 Å². The average Bonchev–Trinajstić information content (AvgIpc) is 3.59. The molecule has 0 amide bonds. The molecular formula is C49H75NO13. The molecule has 0 radical (unpaired) electrons. The lowest BCUT2D eigenvalue weighted by atomic mass is 9.61. The minimum atomic E-state index is -1.89. The molecule has 0 saturated carbocycles. The molecule has 1 spiro atoms. The second kappa shape index (κ2) is 19.5. The third-order valence-corrected chi connectivity index (χ3v) is 14.9. The first-order valence-electron chi connectivity index (χ1n) is 23.2. The summed E-state index contributed by atoms with van der Waals surface area (Å²) in [4.78, 5) is 14.6. The first kappa shape index (κ1) is 48.6. The number of hydrogen-bond donors (Lipinski definition) is 3. The number of carbonyl (C=O) groups excluding carboxylic acids is 1. The Balaban J connectivity index is 1.19. The third-order valence-electron chi connectivity index (χ3n) is 14.9. The monoisotopic (exact) mass is 886 g/mol. The van der Waals surface area contributed by atoms with E-state index in [-0.39, 0.29) is 73.4 Å². The molecule has 0 unspecified atom stereocenters. The highest BCUT2D eigenvalue weighted by Gasteiger charge is 2.66. The lowest BCUT2D eigenvalue weighted by Crippen LogP contribution is -2.63. The smallest absolute Gasteiger partial charge is 0.319 e. The number of rotatable bonds is 8. The molecule has 6 aliphatic heterocycles. The highest BCUT2D eigenvalue weighted by atomic mass is 16.7. The van der Waals surface area contributed by atoms with Gasteiger partial charge in [-0.25, -0.2) is 0 Å². The fourth-order valence-corrected chi connectivity index (χ4v) is 11.3. The molecule has 6 heterocycles. The first-order chi connectivity index (χ1) is 29.9. The van der Waals surface area contributed by atoms with Gasteiger partial charge in [0.1, 0.15) is 35.4 Å². The topological polar surface area (TPSA) is 162 Å². The van der Waals surface area contributed by atoms with Crippen LogP contribution in [0.4, 0.5) is 0 Å². The molecule has 0 aromatic rings. The normalized spacial score (nSPS) is 49.3. The van der Waals surface area contributed by atoms with Crippen LogP contribution in [-0.4, -0.2) is 141 Å². The highest BCUT2D eigenvalue weighted by Crippen LogP contribution is 2.53. The van der Waals surface area contributed by atoms with E-state index in [1.807, 2.05) is 39.1 Å². The van der Waals surface area contributed by atoms with Crippen LogP contribution in [0, 0.1) is 23.2 Å². The number of ether oxygens (including phenoxy) is 10. The van der Waals surface area contributed by atoms with Gasteiger partial charge in [-0.2, -0.15) is 0 Å². The number of aliphatic hydroxyl groups is 2. The predicted molar refractivity (Wildman–Crippen MR) is 234 cm³/mol. The molecule has 354 valence electrons. The van der Waals surface area contributed by atoms with E-state index in [9.17, 15) is 15.0 Å². The molecule has 14 heteroatoms. The van der Waals surface area contributed by atoms with Gasteiger partial charge in [-0.1, -0.05) is 64.2 Å². The second-order valence-corrected chi connectivity index (χ2v) is 19.7. The zero-order valence-corrected chi connectivity index (χ0v) is 39.5. The molecule has 7 rings (SSSR count). The second-order valence-electron chi connectivity index (χ2n) is 19.7. The summed E-state index contributed by atoms with van der Waals surface area (Å²) in [6, 6.07) is 0.0429. The number of nitrogens with one attached hydrogen (secondary N) is 1. The maximum Gasteiger partial charge on any atom is 0.319 e. The lowest BCUT2D eigenvalue weighted by molar-refractivity contribution is -0.312. The number of hydrogen-bond acceptors (Lipinski definition) is 14. The van der Waals surface area contributed by atoms with E-state index in [1.54, 1.807) is 40.2 Å². The fraction of sp³-hybridized carbons (Fsp3) is 0.776. The quantitative estimate of drug-likeness (QED) is 0.204. The molecule has 63 heavy (non-hydrogen) atoms. The Hall–Kier alpha value is -2.31. The van der Waals surface area contributed by atoms with Crippen molar-refractivity contribution in [3.05, 3.63) is 59.3 Å². The van der Waals surface area contributed by atoms with Crippen molar-refractivity contribution in [3.8, 4) is 0 Å². The summed E-state index contributed by atoms with van der Waals surface area (Å²) in [5, 5.41) is 27.4. The van der Waals surface area contributed by atoms with Crippen LogP contribution in [-0.2, 0) is 52.2 Å². The molecular weight excluding hydrogens is 811 g/mol. The fourth-order valence-electron chi connectivity index (χ4n) is 11.3. The summed E-state index contributed by atoms with van der Waals surface area (Å²) < 4.78 is 64.6. The summed E-state index contributed by atoms with van der Waals surface area (Å²) in [7, 11) is 5.30. The van der Waals surface area contributed by atoms with Gasteiger partial charge in [-0.15, -0.1) is 0 Å². The Bertz CT molecular complexity index is 1780. The summed E-state index contributed by atoms with van der Waals surface area (Å²) in [6.07, 6.45) is 9.61. The van der Waals surface area contributed by atoms with Crippen molar-refractivity contribution >= 4 is 5.97 Å². The van der Waals surface area contributed by atoms with E-state index in [2.05, 4.69) is 52.1 Å². The number of methoxy groups -OCH3 is 2. The van der Waals surface area contributed by atoms with Crippen molar-refractivity contribution in [2.75, 3.05) is 27.9 Å². The highest BCUT2D eigenvalue weighted by molar-refractivity contribution is 5.83. The summed E-state index contributed by atoms with van der Waals surface area (Å²) in [5.41, 5.74) is -1.48. The predicted octanol–water partition coefficient (Wildman–Crippen LogP) is 5.60. The van der Waals surface area contributed by atoms with E-state index in [0.29, 0.717) is 36.8 Å². The lowest BCUT2D eigenvalue weighted by Gasteiger charge is -2.50. The standard InChI is InChI=1S/C49H75NO13/c1-26(2)42-29(5)18-19-48(63-42)24-35-20-34(62-48)17-16-28(4)43(27(3)14-13-15-33-25-56-45-41(51)30(6)23-47(9,46(52)59-35)49(33,45)53)60-39-22-37(55-12)44(32(8)58-39)61-38-21-36(54-11)40(50-10)31(7)57-38/h13-16,18-19,23,26-27,29,31-32,34-45,50-51,53H,17,20-22,24-25H2,1-12H3/b14-13+,28-16+,33-15+/t27-,29-,31-,32+,34+,35-,36-,37+,38-,39+,40-,41+,42+,43-,44+,45+,47-,48+,49-/m0/s1. The SMILES string of the molecule is CN[C@H]1[C@H](C)O[C@@H](O[C@@H]2[C@@H](C)O[C@H](O[C@@H]3/C(C)=C/C[C@@H]4C[C@@H](C[C@]5(C=C[C@H](C)[C@@H](C(C)C)O5)O4)OC(=O)[C@]4(C)C=C(C)[C@@H](O)[C@H]5OC/C(=C\C=C\[C@@H]3C)[C@]54O)C[C@H]2OC)C[C@@H]1OC. The van der Waals surface area contributed by atoms with Gasteiger partial charge in [0.05, 0.1) is 55.4 Å². The summed E-state index contributed by atoms with van der Waals surface area (Å²) in [5.74, 6) is -1.51. The molecule has 7 aliphatic rings. The van der Waals surface area contributed by atoms with Crippen molar-refractivity contribution in [2.24, 2.45) is 23.2 Å². The molecule has 3 N–H and O–H groups in total. The number of carbonyl (C=O) groups is 1.